The first-order valence-corrected chi connectivity index (χ1v) is 19.0. The molecular weight excluding hydrogens is 669 g/mol. The lowest BCUT2D eigenvalue weighted by molar-refractivity contribution is 0.623. The monoisotopic (exact) mass is 704 g/mol. The number of oxazole rings is 1. The van der Waals surface area contributed by atoms with E-state index in [-0.39, 0.29) is 5.41 Å². The average molecular weight is 705 g/mol. The molecule has 55 heavy (non-hydrogen) atoms. The second-order valence-electron chi connectivity index (χ2n) is 15.2. The predicted octanol–water partition coefficient (Wildman–Crippen LogP) is 14.4. The zero-order chi connectivity index (χ0) is 36.7. The molecular formula is C52H36N2O. The lowest BCUT2D eigenvalue weighted by atomic mass is 9.82. The van der Waals surface area contributed by atoms with Gasteiger partial charge >= 0.3 is 0 Å². The van der Waals surface area contributed by atoms with Crippen molar-refractivity contribution < 1.29 is 4.42 Å². The summed E-state index contributed by atoms with van der Waals surface area (Å²) in [5.74, 6) is 0.636. The molecule has 0 fully saturated rings. The molecule has 260 valence electrons. The van der Waals surface area contributed by atoms with Gasteiger partial charge in [-0.25, -0.2) is 4.98 Å². The third kappa shape index (κ3) is 4.93. The van der Waals surface area contributed by atoms with Crippen LogP contribution in [0.5, 0.6) is 0 Å². The number of anilines is 3. The molecule has 0 saturated heterocycles. The number of benzene rings is 9. The molecule has 0 spiro atoms. The SMILES string of the molecule is CC1(C)c2ccccc2-c2ccc(N(c3cccc(-c4ccccc4)c3)c3ccc4c(ccc5ccc6ccc7nc(-c8ccccc8)oc7c6c54)c3)cc21. The minimum absolute atomic E-state index is 0.116. The van der Waals surface area contributed by atoms with Gasteiger partial charge in [-0.15, -0.1) is 0 Å². The Bertz CT molecular complexity index is 3120. The molecule has 0 atom stereocenters. The van der Waals surface area contributed by atoms with Crippen LogP contribution in [0.3, 0.4) is 0 Å². The highest BCUT2D eigenvalue weighted by Gasteiger charge is 2.35. The van der Waals surface area contributed by atoms with Crippen molar-refractivity contribution in [2.45, 2.75) is 19.3 Å². The van der Waals surface area contributed by atoms with Gasteiger partial charge in [0.1, 0.15) is 5.52 Å². The average Bonchev–Trinajstić information content (AvgIpc) is 3.78. The molecule has 9 aromatic carbocycles. The summed E-state index contributed by atoms with van der Waals surface area (Å²) < 4.78 is 6.61. The maximum absolute atomic E-state index is 6.61. The Morgan fingerprint density at radius 1 is 0.455 bits per heavy atom. The van der Waals surface area contributed by atoms with E-state index < -0.39 is 0 Å². The summed E-state index contributed by atoms with van der Waals surface area (Å²) in [7, 11) is 0. The number of aromatic nitrogens is 1. The molecule has 11 rings (SSSR count). The Morgan fingerprint density at radius 2 is 1.07 bits per heavy atom. The van der Waals surface area contributed by atoms with Gasteiger partial charge in [0, 0.05) is 38.8 Å². The van der Waals surface area contributed by atoms with Gasteiger partial charge in [0.05, 0.1) is 0 Å². The second-order valence-corrected chi connectivity index (χ2v) is 15.2. The van der Waals surface area contributed by atoms with Crippen LogP contribution < -0.4 is 4.90 Å². The fourth-order valence-electron chi connectivity index (χ4n) is 8.91. The van der Waals surface area contributed by atoms with Crippen LogP contribution in [-0.4, -0.2) is 4.98 Å². The van der Waals surface area contributed by atoms with E-state index in [1.807, 2.05) is 30.3 Å². The van der Waals surface area contributed by atoms with E-state index in [2.05, 4.69) is 170 Å². The van der Waals surface area contributed by atoms with E-state index >= 15 is 0 Å². The highest BCUT2D eigenvalue weighted by molar-refractivity contribution is 6.26. The molecule has 0 bridgehead atoms. The van der Waals surface area contributed by atoms with Gasteiger partial charge in [-0.3, -0.25) is 0 Å². The van der Waals surface area contributed by atoms with Gasteiger partial charge in [0.2, 0.25) is 5.89 Å². The summed E-state index contributed by atoms with van der Waals surface area (Å²) in [6, 6.07) is 65.6. The molecule has 1 heterocycles. The van der Waals surface area contributed by atoms with Crippen molar-refractivity contribution in [2.24, 2.45) is 0 Å². The third-order valence-electron chi connectivity index (χ3n) is 11.6. The van der Waals surface area contributed by atoms with Crippen molar-refractivity contribution in [2.75, 3.05) is 4.90 Å². The Balaban J connectivity index is 1.12. The van der Waals surface area contributed by atoms with Crippen molar-refractivity contribution in [3.63, 3.8) is 0 Å². The molecule has 3 nitrogen and oxygen atoms in total. The van der Waals surface area contributed by atoms with Crippen LogP contribution in [0.4, 0.5) is 17.1 Å². The summed E-state index contributed by atoms with van der Waals surface area (Å²) >= 11 is 0. The van der Waals surface area contributed by atoms with Gasteiger partial charge in [-0.2, -0.15) is 0 Å². The van der Waals surface area contributed by atoms with Gasteiger partial charge in [-0.05, 0) is 110 Å². The molecule has 0 saturated carbocycles. The predicted molar refractivity (Wildman–Crippen MR) is 230 cm³/mol. The number of hydrogen-bond donors (Lipinski definition) is 0. The van der Waals surface area contributed by atoms with Crippen LogP contribution in [0.25, 0.3) is 77.1 Å². The lowest BCUT2D eigenvalue weighted by Gasteiger charge is -2.29. The maximum atomic E-state index is 6.61. The first-order valence-electron chi connectivity index (χ1n) is 19.0. The summed E-state index contributed by atoms with van der Waals surface area (Å²) in [6.45, 7) is 4.70. The van der Waals surface area contributed by atoms with Crippen LogP contribution >= 0.6 is 0 Å². The summed E-state index contributed by atoms with van der Waals surface area (Å²) in [5.41, 5.74) is 13.6. The third-order valence-corrected chi connectivity index (χ3v) is 11.6. The van der Waals surface area contributed by atoms with E-state index in [0.717, 1.165) is 49.9 Å². The molecule has 0 amide bonds. The van der Waals surface area contributed by atoms with Crippen molar-refractivity contribution in [3.8, 4) is 33.7 Å². The first-order chi connectivity index (χ1) is 27.0. The largest absolute Gasteiger partial charge is 0.435 e. The number of rotatable bonds is 5. The van der Waals surface area contributed by atoms with Crippen LogP contribution in [0, 0.1) is 0 Å². The Morgan fingerprint density at radius 3 is 1.89 bits per heavy atom. The zero-order valence-corrected chi connectivity index (χ0v) is 30.6. The van der Waals surface area contributed by atoms with Crippen LogP contribution in [0.2, 0.25) is 0 Å². The topological polar surface area (TPSA) is 29.3 Å². The van der Waals surface area contributed by atoms with Crippen LogP contribution in [-0.2, 0) is 5.41 Å². The van der Waals surface area contributed by atoms with Gasteiger partial charge in [0.15, 0.2) is 5.58 Å². The van der Waals surface area contributed by atoms with Crippen molar-refractivity contribution in [1.29, 1.82) is 0 Å². The summed E-state index contributed by atoms with van der Waals surface area (Å²) in [4.78, 5) is 7.34. The van der Waals surface area contributed by atoms with Crippen molar-refractivity contribution in [3.05, 3.63) is 193 Å². The van der Waals surface area contributed by atoms with Crippen molar-refractivity contribution in [1.82, 2.24) is 4.98 Å². The van der Waals surface area contributed by atoms with Gasteiger partial charge in [0.25, 0.3) is 0 Å². The summed E-state index contributed by atoms with van der Waals surface area (Å²) in [6.07, 6.45) is 0. The van der Waals surface area contributed by atoms with Crippen LogP contribution in [0.1, 0.15) is 25.0 Å². The fourth-order valence-corrected chi connectivity index (χ4v) is 8.91. The number of fused-ring (bicyclic) bond motifs is 10. The number of hydrogen-bond acceptors (Lipinski definition) is 3. The Labute approximate surface area is 319 Å². The maximum Gasteiger partial charge on any atom is 0.227 e. The lowest BCUT2D eigenvalue weighted by Crippen LogP contribution is -2.16. The van der Waals surface area contributed by atoms with E-state index in [1.165, 1.54) is 49.5 Å². The fraction of sp³-hybridized carbons (Fsp3) is 0.0577. The van der Waals surface area contributed by atoms with Crippen molar-refractivity contribution >= 4 is 60.5 Å². The molecule has 0 radical (unpaired) electrons. The smallest absolute Gasteiger partial charge is 0.227 e. The van der Waals surface area contributed by atoms with Crippen LogP contribution in [0.15, 0.2) is 186 Å². The molecule has 0 unspecified atom stereocenters. The molecule has 1 aliphatic carbocycles. The highest BCUT2D eigenvalue weighted by Crippen LogP contribution is 2.51. The molecule has 1 aliphatic rings. The first kappa shape index (κ1) is 31.5. The molecule has 0 N–H and O–H groups in total. The molecule has 3 heteroatoms. The second kappa shape index (κ2) is 12.0. The Kier molecular flexibility index (Phi) is 6.90. The number of nitrogens with zero attached hydrogens (tertiary/aromatic N) is 2. The minimum Gasteiger partial charge on any atom is -0.435 e. The summed E-state index contributed by atoms with van der Waals surface area (Å²) in [5, 5.41) is 6.92. The van der Waals surface area contributed by atoms with E-state index in [4.69, 9.17) is 9.40 Å². The van der Waals surface area contributed by atoms with E-state index in [0.29, 0.717) is 5.89 Å². The van der Waals surface area contributed by atoms with Gasteiger partial charge < -0.3 is 9.32 Å². The zero-order valence-electron chi connectivity index (χ0n) is 30.6. The quantitative estimate of drug-likeness (QED) is 0.167. The molecule has 10 aromatic rings. The highest BCUT2D eigenvalue weighted by atomic mass is 16.3. The Hall–Kier alpha value is -6.97. The molecule has 0 aliphatic heterocycles. The van der Waals surface area contributed by atoms with Gasteiger partial charge in [-0.1, -0.05) is 141 Å². The minimum atomic E-state index is -0.116. The molecule has 1 aromatic heterocycles. The van der Waals surface area contributed by atoms with E-state index in [1.54, 1.807) is 0 Å². The normalized spacial score (nSPS) is 13.1. The van der Waals surface area contributed by atoms with E-state index in [9.17, 15) is 0 Å². The standard InChI is InChI=1S/C52H36N2O/c1-52(2)45-19-10-9-18-43(45)44-28-26-41(32-46(44)52)54(39-17-11-16-37(30-39)33-12-5-3-6-13-33)40-25-27-42-38(31-40)23-22-34-20-21-35-24-29-47-50(49(35)48(34)42)55-51(53-47)36-14-7-4-8-15-36/h3-32H,1-2H3.